The van der Waals surface area contributed by atoms with E-state index < -0.39 is 0 Å². The Morgan fingerprint density at radius 2 is 2.38 bits per heavy atom. The molecule has 1 heterocycles. The lowest BCUT2D eigenvalue weighted by atomic mass is 10.2. The van der Waals surface area contributed by atoms with Crippen molar-refractivity contribution < 1.29 is 4.74 Å². The summed E-state index contributed by atoms with van der Waals surface area (Å²) in [6, 6.07) is 6.98. The number of aromatic nitrogens is 1. The van der Waals surface area contributed by atoms with Crippen LogP contribution in [0, 0.1) is 11.3 Å². The summed E-state index contributed by atoms with van der Waals surface area (Å²) >= 11 is 7.40. The zero-order chi connectivity index (χ0) is 11.4. The van der Waals surface area contributed by atoms with Crippen LogP contribution in [0.1, 0.15) is 11.3 Å². The summed E-state index contributed by atoms with van der Waals surface area (Å²) in [6.07, 6.45) is 0. The largest absolute Gasteiger partial charge is 0.487 e. The molecule has 0 saturated heterocycles. The second-order valence-corrected chi connectivity index (χ2v) is 4.15. The molecule has 5 heteroatoms. The SMILES string of the molecule is N#Cc1ccc(OCc2cscn2)cc1Cl. The van der Waals surface area contributed by atoms with Crippen LogP contribution in [0.3, 0.4) is 0 Å². The normalized spacial score (nSPS) is 9.75. The van der Waals surface area contributed by atoms with Gasteiger partial charge < -0.3 is 4.74 Å². The average molecular weight is 251 g/mol. The van der Waals surface area contributed by atoms with Gasteiger partial charge >= 0.3 is 0 Å². The molecule has 0 fully saturated rings. The van der Waals surface area contributed by atoms with Gasteiger partial charge in [-0.25, -0.2) is 4.98 Å². The summed E-state index contributed by atoms with van der Waals surface area (Å²) in [7, 11) is 0. The number of rotatable bonds is 3. The van der Waals surface area contributed by atoms with Gasteiger partial charge in [0.1, 0.15) is 18.4 Å². The predicted octanol–water partition coefficient (Wildman–Crippen LogP) is 3.25. The Bertz CT molecular complexity index is 519. The van der Waals surface area contributed by atoms with Crippen LogP contribution in [-0.4, -0.2) is 4.98 Å². The fraction of sp³-hybridized carbons (Fsp3) is 0.0909. The van der Waals surface area contributed by atoms with Gasteiger partial charge in [-0.2, -0.15) is 5.26 Å². The molecule has 0 bridgehead atoms. The number of hydrogen-bond acceptors (Lipinski definition) is 4. The Labute approximate surface area is 102 Å². The van der Waals surface area contributed by atoms with Crippen LogP contribution in [0.25, 0.3) is 0 Å². The van der Waals surface area contributed by atoms with Gasteiger partial charge in [-0.3, -0.25) is 0 Å². The molecular formula is C11H7ClN2OS. The van der Waals surface area contributed by atoms with Crippen molar-refractivity contribution in [1.82, 2.24) is 4.98 Å². The molecule has 16 heavy (non-hydrogen) atoms. The second-order valence-electron chi connectivity index (χ2n) is 3.02. The monoisotopic (exact) mass is 250 g/mol. The van der Waals surface area contributed by atoms with E-state index in [1.165, 1.54) is 11.3 Å². The van der Waals surface area contributed by atoms with Crippen molar-refractivity contribution in [1.29, 1.82) is 5.26 Å². The van der Waals surface area contributed by atoms with Gasteiger partial charge in [0.15, 0.2) is 0 Å². The number of nitrogens with zero attached hydrogens (tertiary/aromatic N) is 2. The number of ether oxygens (including phenoxy) is 1. The lowest BCUT2D eigenvalue weighted by molar-refractivity contribution is 0.302. The first kappa shape index (κ1) is 10.9. The van der Waals surface area contributed by atoms with Crippen LogP contribution in [0.4, 0.5) is 0 Å². The molecule has 1 aromatic carbocycles. The van der Waals surface area contributed by atoms with Crippen molar-refractivity contribution in [2.75, 3.05) is 0 Å². The molecule has 2 aromatic rings. The van der Waals surface area contributed by atoms with Crippen LogP contribution < -0.4 is 4.74 Å². The Morgan fingerprint density at radius 3 is 3.00 bits per heavy atom. The van der Waals surface area contributed by atoms with Crippen molar-refractivity contribution in [3.8, 4) is 11.8 Å². The molecule has 0 aliphatic carbocycles. The molecule has 0 amide bonds. The van der Waals surface area contributed by atoms with E-state index in [4.69, 9.17) is 21.6 Å². The van der Waals surface area contributed by atoms with E-state index in [1.807, 2.05) is 11.4 Å². The average Bonchev–Trinajstić information content (AvgIpc) is 2.79. The standard InChI is InChI=1S/C11H7ClN2OS/c12-11-3-10(2-1-8(11)4-13)15-5-9-6-16-7-14-9/h1-3,6-7H,5H2. The highest BCUT2D eigenvalue weighted by Gasteiger charge is 2.02. The van der Waals surface area contributed by atoms with E-state index in [1.54, 1.807) is 23.7 Å². The number of nitriles is 1. The second kappa shape index (κ2) is 4.97. The fourth-order valence-electron chi connectivity index (χ4n) is 1.14. The summed E-state index contributed by atoms with van der Waals surface area (Å²) in [5, 5.41) is 11.0. The lowest BCUT2D eigenvalue weighted by Gasteiger charge is -2.04. The minimum absolute atomic E-state index is 0.401. The van der Waals surface area contributed by atoms with Gasteiger partial charge in [0, 0.05) is 11.4 Å². The molecule has 0 atom stereocenters. The first-order valence-electron chi connectivity index (χ1n) is 4.49. The maximum Gasteiger partial charge on any atom is 0.131 e. The van der Waals surface area contributed by atoms with E-state index in [-0.39, 0.29) is 0 Å². The first-order valence-corrected chi connectivity index (χ1v) is 5.81. The van der Waals surface area contributed by atoms with Gasteiger partial charge in [0.2, 0.25) is 0 Å². The van der Waals surface area contributed by atoms with Crippen molar-refractivity contribution >= 4 is 22.9 Å². The molecule has 3 nitrogen and oxygen atoms in total. The molecule has 0 N–H and O–H groups in total. The zero-order valence-corrected chi connectivity index (χ0v) is 9.76. The van der Waals surface area contributed by atoms with Crippen LogP contribution in [0.15, 0.2) is 29.1 Å². The minimum Gasteiger partial charge on any atom is -0.487 e. The number of thiazole rings is 1. The highest BCUT2D eigenvalue weighted by Crippen LogP contribution is 2.22. The highest BCUT2D eigenvalue weighted by molar-refractivity contribution is 7.07. The van der Waals surface area contributed by atoms with Gasteiger partial charge in [0.25, 0.3) is 0 Å². The van der Waals surface area contributed by atoms with Gasteiger partial charge in [0.05, 0.1) is 21.8 Å². The molecule has 0 aliphatic heterocycles. The minimum atomic E-state index is 0.401. The summed E-state index contributed by atoms with van der Waals surface area (Å²) in [5.74, 6) is 0.636. The van der Waals surface area contributed by atoms with Crippen molar-refractivity contribution in [2.24, 2.45) is 0 Å². The third-order valence-corrected chi connectivity index (χ3v) is 2.88. The summed E-state index contributed by atoms with van der Waals surface area (Å²) < 4.78 is 5.48. The lowest BCUT2D eigenvalue weighted by Crippen LogP contribution is -1.95. The van der Waals surface area contributed by atoms with E-state index in [0.717, 1.165) is 5.69 Å². The van der Waals surface area contributed by atoms with Crippen LogP contribution in [-0.2, 0) is 6.61 Å². The molecule has 2 rings (SSSR count). The Balaban J connectivity index is 2.06. The molecule has 0 aliphatic rings. The topological polar surface area (TPSA) is 45.9 Å². The van der Waals surface area contributed by atoms with Crippen LogP contribution >= 0.6 is 22.9 Å². The summed E-state index contributed by atoms with van der Waals surface area (Å²) in [5.41, 5.74) is 3.08. The third-order valence-electron chi connectivity index (χ3n) is 1.93. The maximum atomic E-state index is 8.71. The predicted molar refractivity (Wildman–Crippen MR) is 62.6 cm³/mol. The number of benzene rings is 1. The van der Waals surface area contributed by atoms with Crippen molar-refractivity contribution in [3.63, 3.8) is 0 Å². The molecular weight excluding hydrogens is 244 g/mol. The van der Waals surface area contributed by atoms with Crippen LogP contribution in [0.2, 0.25) is 5.02 Å². The molecule has 80 valence electrons. The molecule has 0 radical (unpaired) electrons. The Kier molecular flexibility index (Phi) is 3.40. The zero-order valence-electron chi connectivity index (χ0n) is 8.18. The molecule has 0 saturated carbocycles. The highest BCUT2D eigenvalue weighted by atomic mass is 35.5. The number of hydrogen-bond donors (Lipinski definition) is 0. The Hall–Kier alpha value is -1.57. The Morgan fingerprint density at radius 1 is 1.50 bits per heavy atom. The van der Waals surface area contributed by atoms with E-state index in [0.29, 0.717) is 22.9 Å². The number of halogens is 1. The van der Waals surface area contributed by atoms with Gasteiger partial charge in [-0.15, -0.1) is 11.3 Å². The summed E-state index contributed by atoms with van der Waals surface area (Å²) in [6.45, 7) is 0.408. The maximum absolute atomic E-state index is 8.71. The van der Waals surface area contributed by atoms with E-state index in [9.17, 15) is 0 Å². The molecule has 0 unspecified atom stereocenters. The molecule has 1 aromatic heterocycles. The molecule has 0 spiro atoms. The van der Waals surface area contributed by atoms with Crippen molar-refractivity contribution in [3.05, 3.63) is 45.4 Å². The quantitative estimate of drug-likeness (QED) is 0.840. The van der Waals surface area contributed by atoms with Gasteiger partial charge in [-0.1, -0.05) is 11.6 Å². The van der Waals surface area contributed by atoms with Crippen LogP contribution in [0.5, 0.6) is 5.75 Å². The van der Waals surface area contributed by atoms with E-state index >= 15 is 0 Å². The van der Waals surface area contributed by atoms with Crippen molar-refractivity contribution in [2.45, 2.75) is 6.61 Å². The smallest absolute Gasteiger partial charge is 0.131 e. The third kappa shape index (κ3) is 2.51. The van der Waals surface area contributed by atoms with Gasteiger partial charge in [-0.05, 0) is 12.1 Å². The summed E-state index contributed by atoms with van der Waals surface area (Å²) in [4.78, 5) is 4.10. The first-order chi connectivity index (χ1) is 7.79. The van der Waals surface area contributed by atoms with E-state index in [2.05, 4.69) is 4.98 Å². The fourth-order valence-corrected chi connectivity index (χ4v) is 1.90.